The number of pyridine rings is 1. The number of aromatic nitrogens is 3. The van der Waals surface area contributed by atoms with Crippen LogP contribution in [0.3, 0.4) is 0 Å². The van der Waals surface area contributed by atoms with Crippen molar-refractivity contribution in [3.8, 4) is 11.1 Å². The van der Waals surface area contributed by atoms with E-state index in [1.807, 2.05) is 35.9 Å². The highest BCUT2D eigenvalue weighted by molar-refractivity contribution is 5.83. The maximum Gasteiger partial charge on any atom is 0.328 e. The van der Waals surface area contributed by atoms with E-state index in [1.165, 1.54) is 12.8 Å². The van der Waals surface area contributed by atoms with Crippen molar-refractivity contribution in [2.75, 3.05) is 5.73 Å². The average Bonchev–Trinajstić information content (AvgIpc) is 3.23. The first-order valence-corrected chi connectivity index (χ1v) is 7.87. The maximum atomic E-state index is 12.6. The van der Waals surface area contributed by atoms with Crippen LogP contribution in [0.25, 0.3) is 22.2 Å². The van der Waals surface area contributed by atoms with E-state index in [1.54, 1.807) is 17.0 Å². The number of nitrogen functional groups attached to an aromatic ring is 1. The molecule has 0 aliphatic heterocycles. The Morgan fingerprint density at radius 1 is 1.17 bits per heavy atom. The van der Waals surface area contributed by atoms with Gasteiger partial charge >= 0.3 is 5.69 Å². The van der Waals surface area contributed by atoms with Crippen LogP contribution in [0.1, 0.15) is 19.8 Å². The SMILES string of the molecule is Cn1c(=O)n(CC2(C)CC2)c2ccc(-c3cncc(N)c3)cc21. The standard InChI is InChI=1S/C18H20N4O/c1-18(5-6-18)11-22-15-4-3-12(8-16(15)21(2)17(22)23)13-7-14(19)10-20-9-13/h3-4,7-10H,5-6,11,19H2,1-2H3. The molecule has 1 aromatic carbocycles. The molecule has 0 spiro atoms. The highest BCUT2D eigenvalue weighted by Gasteiger charge is 2.38. The predicted molar refractivity (Wildman–Crippen MR) is 92.2 cm³/mol. The lowest BCUT2D eigenvalue weighted by molar-refractivity contribution is 0.460. The third-order valence-electron chi connectivity index (χ3n) is 4.88. The van der Waals surface area contributed by atoms with Crippen molar-refractivity contribution in [2.45, 2.75) is 26.3 Å². The second-order valence-corrected chi connectivity index (χ2v) is 6.95. The molecule has 0 bridgehead atoms. The number of nitrogens with zero attached hydrogens (tertiary/aromatic N) is 3. The number of benzene rings is 1. The fourth-order valence-corrected chi connectivity index (χ4v) is 3.11. The van der Waals surface area contributed by atoms with Crippen LogP contribution in [0.5, 0.6) is 0 Å². The molecule has 0 atom stereocenters. The minimum absolute atomic E-state index is 0.0518. The monoisotopic (exact) mass is 308 g/mol. The van der Waals surface area contributed by atoms with Crippen LogP contribution in [-0.4, -0.2) is 14.1 Å². The summed E-state index contributed by atoms with van der Waals surface area (Å²) in [5.74, 6) is 0. The molecule has 1 saturated carbocycles. The molecule has 2 heterocycles. The summed E-state index contributed by atoms with van der Waals surface area (Å²) in [6, 6.07) is 8.00. The van der Waals surface area contributed by atoms with Gasteiger partial charge in [-0.15, -0.1) is 0 Å². The average molecular weight is 308 g/mol. The number of anilines is 1. The molecule has 5 heteroatoms. The van der Waals surface area contributed by atoms with Gasteiger partial charge in [0.05, 0.1) is 16.7 Å². The molecule has 0 saturated heterocycles. The number of aryl methyl sites for hydroxylation is 1. The van der Waals surface area contributed by atoms with Gasteiger partial charge in [0.2, 0.25) is 0 Å². The summed E-state index contributed by atoms with van der Waals surface area (Å²) in [7, 11) is 1.83. The first-order valence-electron chi connectivity index (χ1n) is 7.87. The van der Waals surface area contributed by atoms with Crippen LogP contribution >= 0.6 is 0 Å². The highest BCUT2D eigenvalue weighted by Crippen LogP contribution is 2.46. The van der Waals surface area contributed by atoms with Crippen molar-refractivity contribution in [1.82, 2.24) is 14.1 Å². The van der Waals surface area contributed by atoms with E-state index >= 15 is 0 Å². The van der Waals surface area contributed by atoms with Gasteiger partial charge in [-0.2, -0.15) is 0 Å². The van der Waals surface area contributed by atoms with Crippen molar-refractivity contribution < 1.29 is 0 Å². The Kier molecular flexibility index (Phi) is 2.88. The van der Waals surface area contributed by atoms with Gasteiger partial charge < -0.3 is 5.73 Å². The number of nitrogens with two attached hydrogens (primary N) is 1. The summed E-state index contributed by atoms with van der Waals surface area (Å²) >= 11 is 0. The van der Waals surface area contributed by atoms with E-state index in [-0.39, 0.29) is 11.1 Å². The van der Waals surface area contributed by atoms with Crippen molar-refractivity contribution in [1.29, 1.82) is 0 Å². The quantitative estimate of drug-likeness (QED) is 0.809. The van der Waals surface area contributed by atoms with Crippen LogP contribution < -0.4 is 11.4 Å². The van der Waals surface area contributed by atoms with E-state index < -0.39 is 0 Å². The lowest BCUT2D eigenvalue weighted by Gasteiger charge is -2.09. The lowest BCUT2D eigenvalue weighted by atomic mass is 10.1. The molecule has 0 amide bonds. The zero-order chi connectivity index (χ0) is 16.2. The molecule has 2 aromatic heterocycles. The number of hydrogen-bond donors (Lipinski definition) is 1. The van der Waals surface area contributed by atoms with Gasteiger partial charge in [0, 0.05) is 31.5 Å². The molecule has 118 valence electrons. The van der Waals surface area contributed by atoms with Crippen LogP contribution in [-0.2, 0) is 13.6 Å². The number of rotatable bonds is 3. The fourth-order valence-electron chi connectivity index (χ4n) is 3.11. The minimum Gasteiger partial charge on any atom is -0.397 e. The number of imidazole rings is 1. The van der Waals surface area contributed by atoms with E-state index in [9.17, 15) is 4.79 Å². The summed E-state index contributed by atoms with van der Waals surface area (Å²) in [6.45, 7) is 3.04. The summed E-state index contributed by atoms with van der Waals surface area (Å²) in [5, 5.41) is 0. The molecule has 0 unspecified atom stereocenters. The van der Waals surface area contributed by atoms with Gasteiger partial charge in [-0.25, -0.2) is 4.79 Å². The Balaban J connectivity index is 1.86. The topological polar surface area (TPSA) is 65.8 Å². The van der Waals surface area contributed by atoms with Crippen molar-refractivity contribution >= 4 is 16.7 Å². The zero-order valence-electron chi connectivity index (χ0n) is 13.4. The Morgan fingerprint density at radius 3 is 2.65 bits per heavy atom. The van der Waals surface area contributed by atoms with Gasteiger partial charge in [0.15, 0.2) is 0 Å². The van der Waals surface area contributed by atoms with Crippen molar-refractivity contribution in [3.63, 3.8) is 0 Å². The second kappa shape index (κ2) is 4.72. The van der Waals surface area contributed by atoms with Crippen LogP contribution in [0, 0.1) is 5.41 Å². The zero-order valence-corrected chi connectivity index (χ0v) is 13.4. The molecule has 1 aliphatic rings. The minimum atomic E-state index is 0.0518. The van der Waals surface area contributed by atoms with Gasteiger partial charge in [-0.1, -0.05) is 13.0 Å². The first-order chi connectivity index (χ1) is 11.0. The van der Waals surface area contributed by atoms with Crippen LogP contribution in [0.4, 0.5) is 5.69 Å². The van der Waals surface area contributed by atoms with E-state index in [4.69, 9.17) is 5.73 Å². The molecule has 4 rings (SSSR count). The Morgan fingerprint density at radius 2 is 1.96 bits per heavy atom. The van der Waals surface area contributed by atoms with Gasteiger partial charge in [-0.3, -0.25) is 14.1 Å². The third kappa shape index (κ3) is 2.32. The summed E-state index contributed by atoms with van der Waals surface area (Å²) < 4.78 is 3.63. The summed E-state index contributed by atoms with van der Waals surface area (Å²) in [5.41, 5.74) is 10.7. The van der Waals surface area contributed by atoms with Crippen molar-refractivity contribution in [2.24, 2.45) is 12.5 Å². The smallest absolute Gasteiger partial charge is 0.328 e. The third-order valence-corrected chi connectivity index (χ3v) is 4.88. The fraction of sp³-hybridized carbons (Fsp3) is 0.333. The maximum absolute atomic E-state index is 12.6. The predicted octanol–water partition coefficient (Wildman–Crippen LogP) is 2.78. The molecule has 23 heavy (non-hydrogen) atoms. The molecular formula is C18H20N4O. The van der Waals surface area contributed by atoms with Crippen LogP contribution in [0.15, 0.2) is 41.5 Å². The normalized spacial score (nSPS) is 15.9. The summed E-state index contributed by atoms with van der Waals surface area (Å²) in [6.07, 6.45) is 5.81. The van der Waals surface area contributed by atoms with E-state index in [0.29, 0.717) is 5.69 Å². The first kappa shape index (κ1) is 14.1. The molecule has 0 radical (unpaired) electrons. The van der Waals surface area contributed by atoms with E-state index in [0.717, 1.165) is 28.7 Å². The van der Waals surface area contributed by atoms with E-state index in [2.05, 4.69) is 11.9 Å². The van der Waals surface area contributed by atoms with Gasteiger partial charge in [0.25, 0.3) is 0 Å². The summed E-state index contributed by atoms with van der Waals surface area (Å²) in [4.78, 5) is 16.7. The molecule has 5 nitrogen and oxygen atoms in total. The largest absolute Gasteiger partial charge is 0.397 e. The molecule has 1 aliphatic carbocycles. The van der Waals surface area contributed by atoms with Gasteiger partial charge in [0.1, 0.15) is 0 Å². The second-order valence-electron chi connectivity index (χ2n) is 6.95. The number of hydrogen-bond acceptors (Lipinski definition) is 3. The Bertz CT molecular complexity index is 963. The van der Waals surface area contributed by atoms with Crippen molar-refractivity contribution in [3.05, 3.63) is 47.1 Å². The highest BCUT2D eigenvalue weighted by atomic mass is 16.1. The molecule has 1 fully saturated rings. The molecule has 3 aromatic rings. The molecule has 2 N–H and O–H groups in total. The Labute approximate surface area is 134 Å². The van der Waals surface area contributed by atoms with Crippen LogP contribution in [0.2, 0.25) is 0 Å². The lowest BCUT2D eigenvalue weighted by Crippen LogP contribution is -2.25. The number of fused-ring (bicyclic) bond motifs is 1. The van der Waals surface area contributed by atoms with Gasteiger partial charge in [-0.05, 0) is 42.0 Å². The Hall–Kier alpha value is -2.56. The molecular weight excluding hydrogens is 288 g/mol.